The number of benzene rings is 1. The molecule has 84 valence electrons. The van der Waals surface area contributed by atoms with Crippen molar-refractivity contribution in [2.75, 3.05) is 30.1 Å². The van der Waals surface area contributed by atoms with Gasteiger partial charge in [-0.1, -0.05) is 30.3 Å². The lowest BCUT2D eigenvalue weighted by Gasteiger charge is -2.04. The van der Waals surface area contributed by atoms with Crippen LogP contribution in [0.4, 0.5) is 0 Å². The second-order valence-electron chi connectivity index (χ2n) is 3.27. The third kappa shape index (κ3) is 6.88. The molecule has 0 fully saturated rings. The van der Waals surface area contributed by atoms with E-state index in [9.17, 15) is 0 Å². The van der Waals surface area contributed by atoms with Gasteiger partial charge in [-0.3, -0.25) is 0 Å². The molecule has 1 aromatic carbocycles. The largest absolute Gasteiger partial charge is 0.312 e. The van der Waals surface area contributed by atoms with Gasteiger partial charge < -0.3 is 5.32 Å². The summed E-state index contributed by atoms with van der Waals surface area (Å²) in [4.78, 5) is 0. The van der Waals surface area contributed by atoms with Crippen LogP contribution in [-0.2, 0) is 6.54 Å². The standard InChI is InChI=1S/C12H19NS2/c1-14-9-10-15-8-7-13-11-12-5-3-2-4-6-12/h2-6,13H,7-11H2,1H3. The van der Waals surface area contributed by atoms with Crippen LogP contribution in [0, 0.1) is 0 Å². The summed E-state index contributed by atoms with van der Waals surface area (Å²) in [6.07, 6.45) is 2.16. The summed E-state index contributed by atoms with van der Waals surface area (Å²) in [7, 11) is 0. The van der Waals surface area contributed by atoms with E-state index in [2.05, 4.69) is 41.9 Å². The van der Waals surface area contributed by atoms with Crippen molar-refractivity contribution in [3.63, 3.8) is 0 Å². The summed E-state index contributed by atoms with van der Waals surface area (Å²) in [5.74, 6) is 3.75. The zero-order valence-electron chi connectivity index (χ0n) is 9.24. The lowest BCUT2D eigenvalue weighted by atomic mass is 10.2. The van der Waals surface area contributed by atoms with Gasteiger partial charge in [-0.15, -0.1) is 0 Å². The summed E-state index contributed by atoms with van der Waals surface area (Å²) in [5, 5.41) is 3.45. The van der Waals surface area contributed by atoms with Gasteiger partial charge in [0.2, 0.25) is 0 Å². The highest BCUT2D eigenvalue weighted by Crippen LogP contribution is 2.03. The normalized spacial score (nSPS) is 10.5. The molecular formula is C12H19NS2. The Morgan fingerprint density at radius 2 is 1.87 bits per heavy atom. The Bertz CT molecular complexity index is 239. The molecule has 0 spiro atoms. The van der Waals surface area contributed by atoms with Crippen molar-refractivity contribution in [2.45, 2.75) is 6.54 Å². The molecule has 15 heavy (non-hydrogen) atoms. The summed E-state index contributed by atoms with van der Waals surface area (Å²) in [6.45, 7) is 2.10. The first-order valence-corrected chi connectivity index (χ1v) is 7.79. The predicted octanol–water partition coefficient (Wildman–Crippen LogP) is 2.87. The second-order valence-corrected chi connectivity index (χ2v) is 5.48. The highest BCUT2D eigenvalue weighted by atomic mass is 32.2. The molecule has 0 amide bonds. The first-order chi connectivity index (χ1) is 7.43. The minimum Gasteiger partial charge on any atom is -0.312 e. The average molecular weight is 241 g/mol. The molecule has 1 rings (SSSR count). The van der Waals surface area contributed by atoms with Crippen molar-refractivity contribution in [1.82, 2.24) is 5.32 Å². The van der Waals surface area contributed by atoms with Gasteiger partial charge in [0.1, 0.15) is 0 Å². The minimum absolute atomic E-state index is 0.990. The zero-order chi connectivity index (χ0) is 10.8. The monoisotopic (exact) mass is 241 g/mol. The fourth-order valence-electron chi connectivity index (χ4n) is 1.22. The van der Waals surface area contributed by atoms with E-state index in [1.807, 2.05) is 23.5 Å². The van der Waals surface area contributed by atoms with Crippen LogP contribution in [0.3, 0.4) is 0 Å². The molecule has 0 radical (unpaired) electrons. The molecule has 1 N–H and O–H groups in total. The van der Waals surface area contributed by atoms with Gasteiger partial charge in [-0.2, -0.15) is 23.5 Å². The lowest BCUT2D eigenvalue weighted by Crippen LogP contribution is -2.16. The molecule has 0 heterocycles. The maximum atomic E-state index is 3.45. The van der Waals surface area contributed by atoms with Crippen molar-refractivity contribution >= 4 is 23.5 Å². The number of rotatable bonds is 8. The molecule has 1 nitrogen and oxygen atoms in total. The van der Waals surface area contributed by atoms with E-state index in [1.54, 1.807) is 0 Å². The van der Waals surface area contributed by atoms with Crippen molar-refractivity contribution in [3.8, 4) is 0 Å². The molecule has 0 bridgehead atoms. The van der Waals surface area contributed by atoms with Gasteiger partial charge in [0, 0.05) is 30.3 Å². The average Bonchev–Trinajstić information content (AvgIpc) is 2.29. The van der Waals surface area contributed by atoms with E-state index in [1.165, 1.54) is 22.8 Å². The smallest absolute Gasteiger partial charge is 0.0205 e. The Hall–Kier alpha value is -0.120. The van der Waals surface area contributed by atoms with Crippen LogP contribution in [-0.4, -0.2) is 30.1 Å². The predicted molar refractivity (Wildman–Crippen MR) is 73.9 cm³/mol. The van der Waals surface area contributed by atoms with Gasteiger partial charge in [0.05, 0.1) is 0 Å². The molecular weight excluding hydrogens is 222 g/mol. The molecule has 0 aliphatic heterocycles. The lowest BCUT2D eigenvalue weighted by molar-refractivity contribution is 0.732. The molecule has 0 aromatic heterocycles. The van der Waals surface area contributed by atoms with Gasteiger partial charge in [0.25, 0.3) is 0 Å². The van der Waals surface area contributed by atoms with E-state index < -0.39 is 0 Å². The van der Waals surface area contributed by atoms with E-state index in [4.69, 9.17) is 0 Å². The van der Waals surface area contributed by atoms with E-state index in [0.29, 0.717) is 0 Å². The Morgan fingerprint density at radius 1 is 1.07 bits per heavy atom. The Morgan fingerprint density at radius 3 is 2.60 bits per heavy atom. The van der Waals surface area contributed by atoms with Crippen LogP contribution in [0.15, 0.2) is 30.3 Å². The van der Waals surface area contributed by atoms with E-state index in [0.717, 1.165) is 13.1 Å². The van der Waals surface area contributed by atoms with Gasteiger partial charge in [0.15, 0.2) is 0 Å². The molecule has 0 saturated heterocycles. The van der Waals surface area contributed by atoms with Crippen molar-refractivity contribution in [2.24, 2.45) is 0 Å². The van der Waals surface area contributed by atoms with Crippen LogP contribution in [0.1, 0.15) is 5.56 Å². The van der Waals surface area contributed by atoms with Crippen molar-refractivity contribution in [3.05, 3.63) is 35.9 Å². The molecule has 0 atom stereocenters. The Kier molecular flexibility index (Phi) is 7.88. The van der Waals surface area contributed by atoms with Crippen LogP contribution >= 0.6 is 23.5 Å². The van der Waals surface area contributed by atoms with Crippen molar-refractivity contribution in [1.29, 1.82) is 0 Å². The topological polar surface area (TPSA) is 12.0 Å². The Labute approximate surface area is 101 Å². The third-order valence-electron chi connectivity index (χ3n) is 2.03. The summed E-state index contributed by atoms with van der Waals surface area (Å²) in [6, 6.07) is 10.6. The molecule has 3 heteroatoms. The quantitative estimate of drug-likeness (QED) is 0.703. The fourth-order valence-corrected chi connectivity index (χ4v) is 2.85. The first kappa shape index (κ1) is 12.9. The van der Waals surface area contributed by atoms with Crippen LogP contribution in [0.5, 0.6) is 0 Å². The number of hydrogen-bond donors (Lipinski definition) is 1. The molecule has 0 unspecified atom stereocenters. The first-order valence-electron chi connectivity index (χ1n) is 5.25. The van der Waals surface area contributed by atoms with Crippen LogP contribution < -0.4 is 5.32 Å². The van der Waals surface area contributed by atoms with Crippen LogP contribution in [0.2, 0.25) is 0 Å². The summed E-state index contributed by atoms with van der Waals surface area (Å²) < 4.78 is 0. The number of thioether (sulfide) groups is 2. The fraction of sp³-hybridized carbons (Fsp3) is 0.500. The van der Waals surface area contributed by atoms with Gasteiger partial charge in [-0.05, 0) is 11.8 Å². The molecule has 1 aromatic rings. The third-order valence-corrected chi connectivity index (χ3v) is 3.88. The molecule has 0 aliphatic carbocycles. The number of hydrogen-bond acceptors (Lipinski definition) is 3. The van der Waals surface area contributed by atoms with E-state index in [-0.39, 0.29) is 0 Å². The number of nitrogens with one attached hydrogen (secondary N) is 1. The SMILES string of the molecule is CSCCSCCNCc1ccccc1. The van der Waals surface area contributed by atoms with E-state index >= 15 is 0 Å². The molecule has 0 saturated carbocycles. The highest BCUT2D eigenvalue weighted by Gasteiger charge is 1.91. The van der Waals surface area contributed by atoms with Gasteiger partial charge >= 0.3 is 0 Å². The second kappa shape index (κ2) is 9.13. The van der Waals surface area contributed by atoms with Crippen molar-refractivity contribution < 1.29 is 0 Å². The van der Waals surface area contributed by atoms with Crippen LogP contribution in [0.25, 0.3) is 0 Å². The maximum Gasteiger partial charge on any atom is 0.0205 e. The summed E-state index contributed by atoms with van der Waals surface area (Å²) >= 11 is 3.95. The molecule has 0 aliphatic rings. The Balaban J connectivity index is 1.93. The minimum atomic E-state index is 0.990. The highest BCUT2D eigenvalue weighted by molar-refractivity contribution is 8.02. The zero-order valence-corrected chi connectivity index (χ0v) is 10.9. The van der Waals surface area contributed by atoms with Gasteiger partial charge in [-0.25, -0.2) is 0 Å². The summed E-state index contributed by atoms with van der Waals surface area (Å²) in [5.41, 5.74) is 1.37. The maximum absolute atomic E-state index is 3.45.